The van der Waals surface area contributed by atoms with Crippen LogP contribution in [0, 0.1) is 5.92 Å². The van der Waals surface area contributed by atoms with Crippen molar-refractivity contribution in [3.05, 3.63) is 32.8 Å². The van der Waals surface area contributed by atoms with Crippen molar-refractivity contribution in [3.8, 4) is 0 Å². The molecule has 0 saturated carbocycles. The Morgan fingerprint density at radius 3 is 2.50 bits per heavy atom. The quantitative estimate of drug-likeness (QED) is 0.843. The largest absolute Gasteiger partial charge is 0.381 e. The zero-order chi connectivity index (χ0) is 13.0. The number of rotatable bonds is 4. The first kappa shape index (κ1) is 14.4. The van der Waals surface area contributed by atoms with Crippen LogP contribution in [0.4, 0.5) is 0 Å². The smallest absolute Gasteiger partial charge is 0.0652 e. The van der Waals surface area contributed by atoms with Crippen molar-refractivity contribution in [2.75, 3.05) is 19.8 Å². The lowest BCUT2D eigenvalue weighted by atomic mass is 10.0. The maximum absolute atomic E-state index is 6.14. The maximum Gasteiger partial charge on any atom is 0.0652 e. The van der Waals surface area contributed by atoms with E-state index in [2.05, 4.69) is 5.32 Å². The number of halogens is 3. The predicted molar refractivity (Wildman–Crippen MR) is 76.7 cm³/mol. The molecule has 0 spiro atoms. The molecule has 1 N–H and O–H groups in total. The second kappa shape index (κ2) is 6.97. The average molecular weight is 309 g/mol. The molecule has 1 heterocycles. The van der Waals surface area contributed by atoms with Gasteiger partial charge < -0.3 is 10.1 Å². The molecule has 0 aliphatic carbocycles. The maximum atomic E-state index is 6.14. The minimum absolute atomic E-state index is 0.545. The van der Waals surface area contributed by atoms with Crippen molar-refractivity contribution in [1.29, 1.82) is 0 Å². The molecular weight excluding hydrogens is 293 g/mol. The molecule has 0 aromatic heterocycles. The van der Waals surface area contributed by atoms with Gasteiger partial charge in [0.25, 0.3) is 0 Å². The van der Waals surface area contributed by atoms with Crippen molar-refractivity contribution in [2.45, 2.75) is 19.4 Å². The van der Waals surface area contributed by atoms with Gasteiger partial charge in [0.15, 0.2) is 0 Å². The molecule has 0 bridgehead atoms. The fourth-order valence-corrected chi connectivity index (χ4v) is 2.76. The van der Waals surface area contributed by atoms with E-state index in [1.807, 2.05) is 0 Å². The van der Waals surface area contributed by atoms with Crippen molar-refractivity contribution in [3.63, 3.8) is 0 Å². The average Bonchev–Trinajstić information content (AvgIpc) is 2.39. The van der Waals surface area contributed by atoms with Gasteiger partial charge in [-0.25, -0.2) is 0 Å². The molecule has 5 heteroatoms. The van der Waals surface area contributed by atoms with Gasteiger partial charge in [0.1, 0.15) is 0 Å². The molecule has 1 aromatic carbocycles. The SMILES string of the molecule is Clc1ccc(Cl)c(CNCC2CCOCC2)c1Cl. The molecule has 1 aromatic rings. The number of hydrogen-bond acceptors (Lipinski definition) is 2. The van der Waals surface area contributed by atoms with E-state index >= 15 is 0 Å². The van der Waals surface area contributed by atoms with Crippen molar-refractivity contribution >= 4 is 34.8 Å². The molecule has 1 aliphatic rings. The molecule has 2 rings (SSSR count). The molecule has 0 radical (unpaired) electrons. The lowest BCUT2D eigenvalue weighted by Crippen LogP contribution is -2.27. The molecule has 100 valence electrons. The summed E-state index contributed by atoms with van der Waals surface area (Å²) in [6.45, 7) is 3.34. The van der Waals surface area contributed by atoms with Gasteiger partial charge in [-0.15, -0.1) is 0 Å². The molecule has 0 amide bonds. The predicted octanol–water partition coefficient (Wildman–Crippen LogP) is 4.16. The summed E-state index contributed by atoms with van der Waals surface area (Å²) in [6.07, 6.45) is 2.23. The zero-order valence-electron chi connectivity index (χ0n) is 10.0. The van der Waals surface area contributed by atoms with Crippen LogP contribution in [0.2, 0.25) is 15.1 Å². The van der Waals surface area contributed by atoms with Gasteiger partial charge in [0.05, 0.1) is 10.0 Å². The standard InChI is InChI=1S/C13H16Cl3NO/c14-11-1-2-12(15)13(16)10(11)8-17-7-9-3-5-18-6-4-9/h1-2,9,17H,3-8H2. The highest BCUT2D eigenvalue weighted by Gasteiger charge is 2.14. The number of ether oxygens (including phenoxy) is 1. The monoisotopic (exact) mass is 307 g/mol. The number of hydrogen-bond donors (Lipinski definition) is 1. The van der Waals surface area contributed by atoms with Crippen molar-refractivity contribution in [1.82, 2.24) is 5.32 Å². The van der Waals surface area contributed by atoms with Gasteiger partial charge in [0, 0.05) is 30.3 Å². The molecule has 1 fully saturated rings. The Labute approximate surface area is 123 Å². The lowest BCUT2D eigenvalue weighted by molar-refractivity contribution is 0.0662. The second-order valence-corrected chi connectivity index (χ2v) is 5.70. The van der Waals surface area contributed by atoms with E-state index in [1.165, 1.54) is 0 Å². The Bertz CT molecular complexity index is 405. The number of benzene rings is 1. The summed E-state index contributed by atoms with van der Waals surface area (Å²) in [5.41, 5.74) is 0.873. The Morgan fingerprint density at radius 1 is 1.11 bits per heavy atom. The first-order valence-corrected chi connectivity index (χ1v) is 7.22. The Balaban J connectivity index is 1.88. The van der Waals surface area contributed by atoms with Crippen molar-refractivity contribution < 1.29 is 4.74 Å². The van der Waals surface area contributed by atoms with Crippen LogP contribution >= 0.6 is 34.8 Å². The van der Waals surface area contributed by atoms with E-state index in [-0.39, 0.29) is 0 Å². The Kier molecular flexibility index (Phi) is 5.58. The highest BCUT2D eigenvalue weighted by molar-refractivity contribution is 6.44. The third-order valence-corrected chi connectivity index (χ3v) is 4.41. The molecule has 18 heavy (non-hydrogen) atoms. The molecule has 0 atom stereocenters. The molecular formula is C13H16Cl3NO. The number of nitrogens with one attached hydrogen (secondary N) is 1. The van der Waals surface area contributed by atoms with Crippen LogP contribution in [0.25, 0.3) is 0 Å². The topological polar surface area (TPSA) is 21.3 Å². The first-order chi connectivity index (χ1) is 8.68. The van der Waals surface area contributed by atoms with Gasteiger partial charge in [-0.2, -0.15) is 0 Å². The van der Waals surface area contributed by atoms with Crippen LogP contribution in [-0.2, 0) is 11.3 Å². The van der Waals surface area contributed by atoms with E-state index < -0.39 is 0 Å². The van der Waals surface area contributed by atoms with Crippen molar-refractivity contribution in [2.24, 2.45) is 5.92 Å². The van der Waals surface area contributed by atoms with Gasteiger partial charge in [0.2, 0.25) is 0 Å². The Morgan fingerprint density at radius 2 is 1.78 bits per heavy atom. The first-order valence-electron chi connectivity index (χ1n) is 6.09. The highest BCUT2D eigenvalue weighted by atomic mass is 35.5. The van der Waals surface area contributed by atoms with Gasteiger partial charge >= 0.3 is 0 Å². The van der Waals surface area contributed by atoms with Crippen LogP contribution in [0.1, 0.15) is 18.4 Å². The van der Waals surface area contributed by atoms with Crippen LogP contribution in [0.3, 0.4) is 0 Å². The van der Waals surface area contributed by atoms with Gasteiger partial charge in [-0.3, -0.25) is 0 Å². The van der Waals surface area contributed by atoms with E-state index in [0.717, 1.165) is 38.2 Å². The summed E-state index contributed by atoms with van der Waals surface area (Å²) in [5.74, 6) is 0.676. The minimum Gasteiger partial charge on any atom is -0.381 e. The molecule has 1 saturated heterocycles. The summed E-state index contributed by atoms with van der Waals surface area (Å²) in [5, 5.41) is 5.14. The molecule has 0 unspecified atom stereocenters. The van der Waals surface area contributed by atoms with E-state index in [4.69, 9.17) is 39.5 Å². The summed E-state index contributed by atoms with van der Waals surface area (Å²) < 4.78 is 5.33. The summed E-state index contributed by atoms with van der Waals surface area (Å²) in [6, 6.07) is 3.50. The second-order valence-electron chi connectivity index (χ2n) is 4.51. The van der Waals surface area contributed by atoms with Crippen LogP contribution < -0.4 is 5.32 Å². The third kappa shape index (κ3) is 3.75. The summed E-state index contributed by atoms with van der Waals surface area (Å²) in [7, 11) is 0. The Hall–Kier alpha value is 0.01000. The van der Waals surface area contributed by atoms with Crippen LogP contribution in [0.5, 0.6) is 0 Å². The zero-order valence-corrected chi connectivity index (χ0v) is 12.3. The van der Waals surface area contributed by atoms with Gasteiger partial charge in [-0.05, 0) is 37.4 Å². The molecule has 2 nitrogen and oxygen atoms in total. The van der Waals surface area contributed by atoms with Gasteiger partial charge in [-0.1, -0.05) is 34.8 Å². The minimum atomic E-state index is 0.545. The fraction of sp³-hybridized carbons (Fsp3) is 0.538. The molecule has 1 aliphatic heterocycles. The van der Waals surface area contributed by atoms with E-state index in [0.29, 0.717) is 27.5 Å². The normalized spacial score (nSPS) is 17.1. The summed E-state index contributed by atoms with van der Waals surface area (Å²) >= 11 is 18.2. The highest BCUT2D eigenvalue weighted by Crippen LogP contribution is 2.31. The van der Waals surface area contributed by atoms with E-state index in [1.54, 1.807) is 12.1 Å². The third-order valence-electron chi connectivity index (χ3n) is 3.21. The fourth-order valence-electron chi connectivity index (χ4n) is 2.08. The summed E-state index contributed by atoms with van der Waals surface area (Å²) in [4.78, 5) is 0. The van der Waals surface area contributed by atoms with Crippen LogP contribution in [-0.4, -0.2) is 19.8 Å². The van der Waals surface area contributed by atoms with E-state index in [9.17, 15) is 0 Å². The lowest BCUT2D eigenvalue weighted by Gasteiger charge is -2.22. The van der Waals surface area contributed by atoms with Crippen LogP contribution in [0.15, 0.2) is 12.1 Å².